The van der Waals surface area contributed by atoms with Crippen molar-refractivity contribution in [1.82, 2.24) is 19.9 Å². The highest BCUT2D eigenvalue weighted by Gasteiger charge is 2.18. The molecule has 2 aromatic heterocycles. The second-order valence-corrected chi connectivity index (χ2v) is 7.17. The van der Waals surface area contributed by atoms with Crippen LogP contribution in [0.5, 0.6) is 0 Å². The third-order valence-corrected chi connectivity index (χ3v) is 4.42. The number of likely N-dealkylation sites (N-methyl/N-ethyl adjacent to an activating group) is 1. The van der Waals surface area contributed by atoms with Crippen LogP contribution in [-0.2, 0) is 4.79 Å². The standard InChI is InChI=1S/C22H21N5O2/c1-13(2)20(28)17-11-24-21-19(17)26-18(12-25-21)15-7-5-6-14(8-15)9-16(10-23)22(29)27(3)4/h5-9,11-13H,1-4H3,(H,24,25). The van der Waals surface area contributed by atoms with E-state index in [1.54, 1.807) is 38.6 Å². The topological polar surface area (TPSA) is 103 Å². The number of nitrogens with one attached hydrogen (secondary N) is 1. The predicted molar refractivity (Wildman–Crippen MR) is 111 cm³/mol. The Hall–Kier alpha value is -3.79. The number of H-pyrrole nitrogens is 1. The van der Waals surface area contributed by atoms with Crippen molar-refractivity contribution < 1.29 is 9.59 Å². The van der Waals surface area contributed by atoms with Crippen LogP contribution in [0.4, 0.5) is 0 Å². The minimum atomic E-state index is -0.358. The summed E-state index contributed by atoms with van der Waals surface area (Å²) in [5.74, 6) is -0.505. The first-order valence-corrected chi connectivity index (χ1v) is 9.14. The van der Waals surface area contributed by atoms with Gasteiger partial charge in [-0.05, 0) is 17.7 Å². The summed E-state index contributed by atoms with van der Waals surface area (Å²) in [5, 5.41) is 9.29. The molecule has 0 unspecified atom stereocenters. The maximum absolute atomic E-state index is 12.4. The van der Waals surface area contributed by atoms with Gasteiger partial charge in [0.15, 0.2) is 11.4 Å². The molecule has 0 saturated carbocycles. The Bertz CT molecular complexity index is 1170. The summed E-state index contributed by atoms with van der Waals surface area (Å²) in [6.07, 6.45) is 4.81. The molecule has 0 fully saturated rings. The van der Waals surface area contributed by atoms with E-state index in [1.807, 2.05) is 38.1 Å². The molecule has 0 bridgehead atoms. The summed E-state index contributed by atoms with van der Waals surface area (Å²) in [6.45, 7) is 3.69. The van der Waals surface area contributed by atoms with E-state index in [-0.39, 0.29) is 23.2 Å². The first-order chi connectivity index (χ1) is 13.8. The first-order valence-electron chi connectivity index (χ1n) is 9.14. The number of hydrogen-bond donors (Lipinski definition) is 1. The normalized spacial score (nSPS) is 11.5. The number of hydrogen-bond acceptors (Lipinski definition) is 5. The summed E-state index contributed by atoms with van der Waals surface area (Å²) >= 11 is 0. The van der Waals surface area contributed by atoms with E-state index in [2.05, 4.69) is 15.0 Å². The van der Waals surface area contributed by atoms with Gasteiger partial charge in [-0.15, -0.1) is 0 Å². The lowest BCUT2D eigenvalue weighted by molar-refractivity contribution is -0.124. The number of carbonyl (C=O) groups excluding carboxylic acids is 2. The second kappa shape index (κ2) is 8.07. The van der Waals surface area contributed by atoms with Crippen molar-refractivity contribution in [3.63, 3.8) is 0 Å². The molecule has 2 heterocycles. The summed E-state index contributed by atoms with van der Waals surface area (Å²) in [6, 6.07) is 9.26. The zero-order valence-electron chi connectivity index (χ0n) is 16.7. The molecule has 29 heavy (non-hydrogen) atoms. The van der Waals surface area contributed by atoms with Crippen molar-refractivity contribution in [3.05, 3.63) is 53.4 Å². The highest BCUT2D eigenvalue weighted by molar-refractivity contribution is 6.07. The van der Waals surface area contributed by atoms with Gasteiger partial charge in [0.05, 0.1) is 17.5 Å². The quantitative estimate of drug-likeness (QED) is 0.410. The molecule has 0 aliphatic carbocycles. The molecule has 0 atom stereocenters. The van der Waals surface area contributed by atoms with Crippen molar-refractivity contribution >= 4 is 28.9 Å². The lowest BCUT2D eigenvalue weighted by atomic mass is 10.0. The number of ketones is 1. The monoisotopic (exact) mass is 387 g/mol. The first kappa shape index (κ1) is 20.0. The number of amides is 1. The van der Waals surface area contributed by atoms with Gasteiger partial charge in [-0.1, -0.05) is 32.0 Å². The van der Waals surface area contributed by atoms with Crippen LogP contribution in [0.25, 0.3) is 28.5 Å². The summed E-state index contributed by atoms with van der Waals surface area (Å²) < 4.78 is 0. The molecule has 7 nitrogen and oxygen atoms in total. The van der Waals surface area contributed by atoms with Crippen LogP contribution >= 0.6 is 0 Å². The minimum absolute atomic E-state index is 0.000226. The van der Waals surface area contributed by atoms with Crippen LogP contribution in [0.1, 0.15) is 29.8 Å². The summed E-state index contributed by atoms with van der Waals surface area (Å²) in [4.78, 5) is 37.9. The van der Waals surface area contributed by atoms with E-state index in [4.69, 9.17) is 0 Å². The van der Waals surface area contributed by atoms with Crippen LogP contribution in [-0.4, -0.2) is 45.6 Å². The maximum atomic E-state index is 12.4. The van der Waals surface area contributed by atoms with Crippen LogP contribution < -0.4 is 0 Å². The van der Waals surface area contributed by atoms with Gasteiger partial charge in [0.1, 0.15) is 17.2 Å². The lowest BCUT2D eigenvalue weighted by Crippen LogP contribution is -2.22. The number of aromatic nitrogens is 3. The fourth-order valence-electron chi connectivity index (χ4n) is 2.87. The van der Waals surface area contributed by atoms with E-state index in [1.165, 1.54) is 4.90 Å². The van der Waals surface area contributed by atoms with Crippen molar-refractivity contribution in [2.24, 2.45) is 5.92 Å². The highest BCUT2D eigenvalue weighted by Crippen LogP contribution is 2.24. The molecule has 1 aromatic carbocycles. The lowest BCUT2D eigenvalue weighted by Gasteiger charge is -2.09. The Morgan fingerprint density at radius 1 is 1.28 bits per heavy atom. The SMILES string of the molecule is CC(C)C(=O)c1c[nH]c2ncc(-c3cccc(C=C(C#N)C(=O)N(C)C)c3)nc12. The molecular formula is C22H21N5O2. The van der Waals surface area contributed by atoms with Gasteiger partial charge in [-0.25, -0.2) is 9.97 Å². The Kier molecular flexibility index (Phi) is 5.55. The number of fused-ring (bicyclic) bond motifs is 1. The number of benzene rings is 1. The van der Waals surface area contributed by atoms with Crippen molar-refractivity contribution in [3.8, 4) is 17.3 Å². The van der Waals surface area contributed by atoms with E-state index in [0.29, 0.717) is 28.0 Å². The molecule has 0 saturated heterocycles. The summed E-state index contributed by atoms with van der Waals surface area (Å²) in [7, 11) is 3.20. The van der Waals surface area contributed by atoms with Gasteiger partial charge in [0, 0.05) is 31.8 Å². The number of nitriles is 1. The maximum Gasteiger partial charge on any atom is 0.264 e. The third kappa shape index (κ3) is 4.06. The van der Waals surface area contributed by atoms with E-state index in [9.17, 15) is 14.9 Å². The van der Waals surface area contributed by atoms with E-state index in [0.717, 1.165) is 5.56 Å². The van der Waals surface area contributed by atoms with Crippen LogP contribution in [0.3, 0.4) is 0 Å². The number of rotatable bonds is 5. The molecule has 0 radical (unpaired) electrons. The number of nitrogens with zero attached hydrogens (tertiary/aromatic N) is 4. The number of carbonyl (C=O) groups is 2. The number of Topliss-reactive ketones (excluding diaryl/α,β-unsaturated/α-hetero) is 1. The average Bonchev–Trinajstić information content (AvgIpc) is 3.14. The molecule has 0 spiro atoms. The highest BCUT2D eigenvalue weighted by atomic mass is 16.2. The van der Waals surface area contributed by atoms with Crippen molar-refractivity contribution in [2.75, 3.05) is 14.1 Å². The molecule has 1 N–H and O–H groups in total. The molecule has 3 rings (SSSR count). The van der Waals surface area contributed by atoms with Gasteiger partial charge < -0.3 is 9.88 Å². The molecule has 1 amide bonds. The van der Waals surface area contributed by atoms with Gasteiger partial charge >= 0.3 is 0 Å². The fourth-order valence-corrected chi connectivity index (χ4v) is 2.87. The third-order valence-electron chi connectivity index (χ3n) is 4.42. The Morgan fingerprint density at radius 3 is 2.69 bits per heavy atom. The van der Waals surface area contributed by atoms with Crippen LogP contribution in [0, 0.1) is 17.2 Å². The zero-order chi connectivity index (χ0) is 21.1. The molecule has 7 heteroatoms. The molecular weight excluding hydrogens is 366 g/mol. The average molecular weight is 387 g/mol. The fraction of sp³-hybridized carbons (Fsp3) is 0.227. The largest absolute Gasteiger partial charge is 0.344 e. The van der Waals surface area contributed by atoms with Crippen LogP contribution in [0.2, 0.25) is 0 Å². The zero-order valence-corrected chi connectivity index (χ0v) is 16.7. The van der Waals surface area contributed by atoms with Crippen LogP contribution in [0.15, 0.2) is 42.2 Å². The van der Waals surface area contributed by atoms with Gasteiger partial charge in [0.25, 0.3) is 5.91 Å². The Morgan fingerprint density at radius 2 is 2.03 bits per heavy atom. The van der Waals surface area contributed by atoms with Gasteiger partial charge in [-0.3, -0.25) is 9.59 Å². The minimum Gasteiger partial charge on any atom is -0.344 e. The molecule has 3 aromatic rings. The van der Waals surface area contributed by atoms with Gasteiger partial charge in [0.2, 0.25) is 0 Å². The van der Waals surface area contributed by atoms with Crippen molar-refractivity contribution in [1.29, 1.82) is 5.26 Å². The summed E-state index contributed by atoms with van der Waals surface area (Å²) in [5.41, 5.74) is 3.71. The Labute approximate surface area is 168 Å². The Balaban J connectivity index is 2.04. The van der Waals surface area contributed by atoms with Crippen molar-refractivity contribution in [2.45, 2.75) is 13.8 Å². The van der Waals surface area contributed by atoms with E-state index < -0.39 is 0 Å². The smallest absolute Gasteiger partial charge is 0.264 e. The number of aromatic amines is 1. The molecule has 146 valence electrons. The predicted octanol–water partition coefficient (Wildman–Crippen LogP) is 3.46. The second-order valence-electron chi connectivity index (χ2n) is 7.17. The van der Waals surface area contributed by atoms with E-state index >= 15 is 0 Å². The van der Waals surface area contributed by atoms with Gasteiger partial charge in [-0.2, -0.15) is 5.26 Å². The molecule has 0 aliphatic rings. The molecule has 0 aliphatic heterocycles.